The quantitative estimate of drug-likeness (QED) is 0.182. The Bertz CT molecular complexity index is 1490. The first kappa shape index (κ1) is 25.8. The van der Waals surface area contributed by atoms with Gasteiger partial charge in [0, 0.05) is 31.0 Å². The lowest BCUT2D eigenvalue weighted by atomic mass is 9.95. The molecule has 0 radical (unpaired) electrons. The number of hydrogen-bond acceptors (Lipinski definition) is 6. The normalized spacial score (nSPS) is 16.5. The average Bonchev–Trinajstić information content (AvgIpc) is 3.55. The highest BCUT2D eigenvalue weighted by Crippen LogP contribution is 2.40. The Morgan fingerprint density at radius 2 is 1.77 bits per heavy atom. The molecule has 1 aliphatic rings. The van der Waals surface area contributed by atoms with E-state index in [0.717, 1.165) is 11.1 Å². The third-order valence-electron chi connectivity index (χ3n) is 6.74. The van der Waals surface area contributed by atoms with Gasteiger partial charge in [-0.1, -0.05) is 42.0 Å². The molecule has 3 aromatic carbocycles. The fourth-order valence-corrected chi connectivity index (χ4v) is 4.79. The van der Waals surface area contributed by atoms with Gasteiger partial charge in [-0.15, -0.1) is 0 Å². The van der Waals surface area contributed by atoms with E-state index >= 15 is 0 Å². The van der Waals surface area contributed by atoms with Gasteiger partial charge >= 0.3 is 0 Å². The second-order valence-electron chi connectivity index (χ2n) is 9.54. The van der Waals surface area contributed by atoms with Gasteiger partial charge in [-0.25, -0.2) is 4.98 Å². The Balaban J connectivity index is 1.41. The molecule has 4 aromatic rings. The Morgan fingerprint density at radius 1 is 1.00 bits per heavy atom. The van der Waals surface area contributed by atoms with Gasteiger partial charge in [0.05, 0.1) is 17.9 Å². The molecular weight excluding hydrogens is 494 g/mol. The molecule has 5 rings (SSSR count). The maximum absolute atomic E-state index is 13.2. The minimum atomic E-state index is -0.786. The molecule has 2 heterocycles. The molecule has 8 heteroatoms. The van der Waals surface area contributed by atoms with Crippen LogP contribution >= 0.6 is 0 Å². The Hall–Kier alpha value is -4.85. The molecule has 1 aliphatic heterocycles. The maximum Gasteiger partial charge on any atom is 0.295 e. The van der Waals surface area contributed by atoms with Crippen LogP contribution in [-0.4, -0.2) is 42.9 Å². The van der Waals surface area contributed by atoms with Gasteiger partial charge < -0.3 is 24.4 Å². The number of carbonyl (C=O) groups excluding carboxylic acids is 2. The van der Waals surface area contributed by atoms with E-state index in [1.54, 1.807) is 48.9 Å². The Morgan fingerprint density at radius 3 is 2.46 bits per heavy atom. The number of carbonyl (C=O) groups is 2. The van der Waals surface area contributed by atoms with Crippen LogP contribution in [0.25, 0.3) is 5.76 Å². The largest absolute Gasteiger partial charge is 0.508 e. The molecule has 0 bridgehead atoms. The van der Waals surface area contributed by atoms with Crippen LogP contribution in [0.15, 0.2) is 97.1 Å². The van der Waals surface area contributed by atoms with E-state index in [-0.39, 0.29) is 17.1 Å². The lowest BCUT2D eigenvalue weighted by molar-refractivity contribution is -0.139. The highest BCUT2D eigenvalue weighted by atomic mass is 16.5. The fraction of sp³-hybridized carbons (Fsp3) is 0.194. The van der Waals surface area contributed by atoms with Crippen LogP contribution in [0.1, 0.15) is 34.7 Å². The molecule has 8 nitrogen and oxygen atoms in total. The van der Waals surface area contributed by atoms with Crippen molar-refractivity contribution in [3.63, 3.8) is 0 Å². The van der Waals surface area contributed by atoms with E-state index in [2.05, 4.69) is 11.1 Å². The number of hydrogen-bond donors (Lipinski definition) is 2. The van der Waals surface area contributed by atoms with Gasteiger partial charge in [-0.2, -0.15) is 0 Å². The molecule has 1 fully saturated rings. The summed E-state index contributed by atoms with van der Waals surface area (Å²) in [6, 6.07) is 20.4. The summed E-state index contributed by atoms with van der Waals surface area (Å²) in [7, 11) is 0. The molecule has 1 atom stereocenters. The number of aromatic nitrogens is 2. The van der Waals surface area contributed by atoms with Crippen LogP contribution in [-0.2, 0) is 22.7 Å². The number of aliphatic hydroxyl groups excluding tert-OH is 1. The van der Waals surface area contributed by atoms with E-state index < -0.39 is 17.7 Å². The van der Waals surface area contributed by atoms with Crippen LogP contribution in [0, 0.1) is 6.92 Å². The van der Waals surface area contributed by atoms with Crippen LogP contribution in [0.3, 0.4) is 0 Å². The number of ether oxygens (including phenoxy) is 1. The number of nitrogens with zero attached hydrogens (tertiary/aromatic N) is 3. The lowest BCUT2D eigenvalue weighted by Crippen LogP contribution is -2.31. The molecule has 0 saturated carbocycles. The smallest absolute Gasteiger partial charge is 0.295 e. The summed E-state index contributed by atoms with van der Waals surface area (Å²) in [5.74, 6) is -0.986. The summed E-state index contributed by atoms with van der Waals surface area (Å²) in [5.41, 5.74) is 3.23. The van der Waals surface area contributed by atoms with Gasteiger partial charge in [-0.3, -0.25) is 9.59 Å². The molecule has 0 aliphatic carbocycles. The van der Waals surface area contributed by atoms with Crippen molar-refractivity contribution in [3.8, 4) is 11.5 Å². The predicted octanol–water partition coefficient (Wildman–Crippen LogP) is 4.99. The minimum Gasteiger partial charge on any atom is -0.508 e. The van der Waals surface area contributed by atoms with E-state index in [9.17, 15) is 19.8 Å². The highest BCUT2D eigenvalue weighted by molar-refractivity contribution is 6.46. The molecule has 0 spiro atoms. The van der Waals surface area contributed by atoms with Crippen LogP contribution in [0.5, 0.6) is 11.5 Å². The number of benzene rings is 3. The third-order valence-corrected chi connectivity index (χ3v) is 6.74. The first-order chi connectivity index (χ1) is 18.9. The zero-order valence-electron chi connectivity index (χ0n) is 21.5. The molecular formula is C31H29N3O5. The van der Waals surface area contributed by atoms with Gasteiger partial charge in [0.25, 0.3) is 11.7 Å². The molecule has 1 saturated heterocycles. The molecule has 2 N–H and O–H groups in total. The number of phenolic OH excluding ortho intramolecular Hbond substituents is 1. The molecule has 1 amide bonds. The number of rotatable bonds is 9. The summed E-state index contributed by atoms with van der Waals surface area (Å²) in [6.07, 6.45) is 5.80. The lowest BCUT2D eigenvalue weighted by Gasteiger charge is -2.25. The number of aromatic hydroxyl groups is 1. The zero-order chi connectivity index (χ0) is 27.4. The van der Waals surface area contributed by atoms with E-state index in [1.807, 2.05) is 35.9 Å². The number of phenols is 1. The molecule has 198 valence electrons. The van der Waals surface area contributed by atoms with E-state index in [4.69, 9.17) is 4.74 Å². The standard InChI is InChI=1S/C31H29N3O5/c1-21-4-2-5-22(18-21)19-39-26-12-8-24(9-13-26)29(36)27-28(23-6-10-25(35)11-7-23)34(31(38)30(27)37)16-3-15-33-17-14-32-20-33/h2,4-14,17-18,20,28,35-36H,3,15-16,19H2,1H3/b29-27-. The number of Topliss-reactive ketones (excluding diaryl/α,β-unsaturated/α-hetero) is 1. The maximum atomic E-state index is 13.2. The second kappa shape index (κ2) is 11.3. The highest BCUT2D eigenvalue weighted by Gasteiger charge is 2.45. The summed E-state index contributed by atoms with van der Waals surface area (Å²) in [5, 5.41) is 21.1. The van der Waals surface area contributed by atoms with E-state index in [0.29, 0.717) is 43.0 Å². The van der Waals surface area contributed by atoms with Gasteiger partial charge in [0.1, 0.15) is 23.9 Å². The van der Waals surface area contributed by atoms with Gasteiger partial charge in [-0.05, 0) is 60.9 Å². The van der Waals surface area contributed by atoms with Gasteiger partial charge in [0.2, 0.25) is 0 Å². The van der Waals surface area contributed by atoms with Crippen molar-refractivity contribution in [3.05, 3.63) is 119 Å². The van der Waals surface area contributed by atoms with Crippen molar-refractivity contribution in [2.45, 2.75) is 32.5 Å². The topological polar surface area (TPSA) is 105 Å². The SMILES string of the molecule is Cc1cccc(COc2ccc(/C(O)=C3/C(=O)C(=O)N(CCCn4ccnc4)C3c3ccc(O)cc3)cc2)c1. The summed E-state index contributed by atoms with van der Waals surface area (Å²) in [6.45, 7) is 3.35. The van der Waals surface area contributed by atoms with Crippen LogP contribution < -0.4 is 4.74 Å². The Labute approximate surface area is 226 Å². The Kier molecular flexibility index (Phi) is 7.45. The van der Waals surface area contributed by atoms with Crippen molar-refractivity contribution in [1.29, 1.82) is 0 Å². The number of imidazole rings is 1. The summed E-state index contributed by atoms with van der Waals surface area (Å²) < 4.78 is 7.78. The first-order valence-corrected chi connectivity index (χ1v) is 12.7. The van der Waals surface area contributed by atoms with Crippen LogP contribution in [0.4, 0.5) is 0 Å². The monoisotopic (exact) mass is 523 g/mol. The fourth-order valence-electron chi connectivity index (χ4n) is 4.79. The van der Waals surface area contributed by atoms with Crippen molar-refractivity contribution >= 4 is 17.4 Å². The average molecular weight is 524 g/mol. The zero-order valence-corrected chi connectivity index (χ0v) is 21.5. The predicted molar refractivity (Wildman–Crippen MR) is 146 cm³/mol. The van der Waals surface area contributed by atoms with Crippen LogP contribution in [0.2, 0.25) is 0 Å². The van der Waals surface area contributed by atoms with Crippen molar-refractivity contribution < 1.29 is 24.5 Å². The van der Waals surface area contributed by atoms with E-state index in [1.165, 1.54) is 17.0 Å². The second-order valence-corrected chi connectivity index (χ2v) is 9.54. The number of ketones is 1. The minimum absolute atomic E-state index is 0.0155. The summed E-state index contributed by atoms with van der Waals surface area (Å²) in [4.78, 5) is 31.9. The molecule has 1 aromatic heterocycles. The number of likely N-dealkylation sites (tertiary alicyclic amines) is 1. The number of amides is 1. The summed E-state index contributed by atoms with van der Waals surface area (Å²) >= 11 is 0. The molecule has 1 unspecified atom stereocenters. The molecule has 39 heavy (non-hydrogen) atoms. The first-order valence-electron chi connectivity index (χ1n) is 12.7. The number of aryl methyl sites for hydroxylation is 2. The van der Waals surface area contributed by atoms with Crippen molar-refractivity contribution in [2.24, 2.45) is 0 Å². The van der Waals surface area contributed by atoms with Crippen molar-refractivity contribution in [1.82, 2.24) is 14.5 Å². The van der Waals surface area contributed by atoms with Gasteiger partial charge in [0.15, 0.2) is 0 Å². The number of aliphatic hydroxyl groups is 1. The third kappa shape index (κ3) is 5.70. The van der Waals surface area contributed by atoms with Crippen molar-refractivity contribution in [2.75, 3.05) is 6.54 Å².